The molecule has 6 heteroatoms. The quantitative estimate of drug-likeness (QED) is 0.803. The summed E-state index contributed by atoms with van der Waals surface area (Å²) in [5, 5.41) is 7.53. The van der Waals surface area contributed by atoms with Crippen molar-refractivity contribution in [1.82, 2.24) is 19.7 Å². The van der Waals surface area contributed by atoms with Gasteiger partial charge in [0.25, 0.3) is 0 Å². The molecule has 0 atom stereocenters. The van der Waals surface area contributed by atoms with Crippen LogP contribution in [0.3, 0.4) is 0 Å². The van der Waals surface area contributed by atoms with Gasteiger partial charge in [-0.05, 0) is 34.1 Å². The molecule has 0 aliphatic heterocycles. The van der Waals surface area contributed by atoms with Crippen LogP contribution >= 0.6 is 15.9 Å². The van der Waals surface area contributed by atoms with Crippen molar-refractivity contribution in [3.05, 3.63) is 47.5 Å². The van der Waals surface area contributed by atoms with Crippen molar-refractivity contribution in [1.29, 1.82) is 0 Å². The van der Waals surface area contributed by atoms with E-state index in [1.54, 1.807) is 18.6 Å². The molecule has 0 unspecified atom stereocenters. The van der Waals surface area contributed by atoms with Crippen LogP contribution in [0, 0.1) is 0 Å². The number of anilines is 1. The first-order valence-electron chi connectivity index (χ1n) is 5.94. The topological polar surface area (TPSA) is 55.6 Å². The lowest BCUT2D eigenvalue weighted by molar-refractivity contribution is 0.638. The summed E-state index contributed by atoms with van der Waals surface area (Å²) >= 11 is 3.40. The van der Waals surface area contributed by atoms with Gasteiger partial charge in [-0.15, -0.1) is 0 Å². The fourth-order valence-electron chi connectivity index (χ4n) is 1.89. The number of rotatable bonds is 4. The van der Waals surface area contributed by atoms with Gasteiger partial charge in [0.2, 0.25) is 0 Å². The van der Waals surface area contributed by atoms with E-state index in [0.717, 1.165) is 34.3 Å². The summed E-state index contributed by atoms with van der Waals surface area (Å²) < 4.78 is 2.82. The van der Waals surface area contributed by atoms with Crippen molar-refractivity contribution < 1.29 is 0 Å². The van der Waals surface area contributed by atoms with Crippen LogP contribution in [-0.4, -0.2) is 26.3 Å². The average Bonchev–Trinajstić information content (AvgIpc) is 2.92. The Morgan fingerprint density at radius 2 is 2.21 bits per heavy atom. The normalized spacial score (nSPS) is 10.8. The Kier molecular flexibility index (Phi) is 3.41. The molecule has 0 fully saturated rings. The van der Waals surface area contributed by atoms with Crippen molar-refractivity contribution >= 4 is 32.7 Å². The van der Waals surface area contributed by atoms with E-state index >= 15 is 0 Å². The summed E-state index contributed by atoms with van der Waals surface area (Å²) in [4.78, 5) is 8.71. The summed E-state index contributed by atoms with van der Waals surface area (Å²) in [5.41, 5.74) is 2.74. The number of nitrogens with zero attached hydrogens (tertiary/aromatic N) is 4. The van der Waals surface area contributed by atoms with E-state index in [1.165, 1.54) is 0 Å². The van der Waals surface area contributed by atoms with E-state index < -0.39 is 0 Å². The van der Waals surface area contributed by atoms with E-state index in [-0.39, 0.29) is 0 Å². The number of halogens is 1. The molecule has 0 aliphatic rings. The first kappa shape index (κ1) is 12.1. The van der Waals surface area contributed by atoms with E-state index in [9.17, 15) is 0 Å². The first-order chi connectivity index (χ1) is 9.33. The average molecular weight is 318 g/mol. The molecule has 3 heterocycles. The van der Waals surface area contributed by atoms with Gasteiger partial charge in [0.05, 0.1) is 17.7 Å². The zero-order valence-corrected chi connectivity index (χ0v) is 11.7. The first-order valence-corrected chi connectivity index (χ1v) is 6.74. The third-order valence-corrected chi connectivity index (χ3v) is 3.19. The third kappa shape index (κ3) is 2.73. The Morgan fingerprint density at radius 1 is 1.26 bits per heavy atom. The molecule has 3 aromatic heterocycles. The highest BCUT2D eigenvalue weighted by Gasteiger charge is 2.03. The highest BCUT2D eigenvalue weighted by Crippen LogP contribution is 2.21. The number of pyridine rings is 2. The summed E-state index contributed by atoms with van der Waals surface area (Å²) in [5.74, 6) is 0. The van der Waals surface area contributed by atoms with Gasteiger partial charge in [-0.25, -0.2) is 0 Å². The molecule has 3 rings (SSSR count). The van der Waals surface area contributed by atoms with Crippen LogP contribution in [0.15, 0.2) is 47.5 Å². The van der Waals surface area contributed by atoms with Crippen molar-refractivity contribution in [2.45, 2.75) is 6.54 Å². The Labute approximate surface area is 118 Å². The molecule has 0 saturated heterocycles. The van der Waals surface area contributed by atoms with Gasteiger partial charge >= 0.3 is 0 Å². The maximum Gasteiger partial charge on any atom is 0.112 e. The van der Waals surface area contributed by atoms with Gasteiger partial charge in [-0.2, -0.15) is 5.10 Å². The maximum absolute atomic E-state index is 4.40. The molecule has 0 saturated carbocycles. The zero-order chi connectivity index (χ0) is 13.1. The van der Waals surface area contributed by atoms with Crippen molar-refractivity contribution in [2.75, 3.05) is 11.9 Å². The number of hydrogen-bond donors (Lipinski definition) is 1. The van der Waals surface area contributed by atoms with Crippen LogP contribution < -0.4 is 5.32 Å². The van der Waals surface area contributed by atoms with E-state index in [0.29, 0.717) is 0 Å². The SMILES string of the molecule is Brc1cnc2c(NCCn3cccn3)ccnc2c1. The molecule has 0 aliphatic carbocycles. The van der Waals surface area contributed by atoms with Gasteiger partial charge in [-0.3, -0.25) is 14.6 Å². The molecule has 0 amide bonds. The largest absolute Gasteiger partial charge is 0.381 e. The highest BCUT2D eigenvalue weighted by molar-refractivity contribution is 9.10. The minimum Gasteiger partial charge on any atom is -0.381 e. The smallest absolute Gasteiger partial charge is 0.112 e. The van der Waals surface area contributed by atoms with Crippen LogP contribution in [0.25, 0.3) is 11.0 Å². The molecular weight excluding hydrogens is 306 g/mol. The van der Waals surface area contributed by atoms with Gasteiger partial charge in [0.1, 0.15) is 5.52 Å². The highest BCUT2D eigenvalue weighted by atomic mass is 79.9. The molecule has 0 aromatic carbocycles. The molecule has 0 bridgehead atoms. The van der Waals surface area contributed by atoms with E-state index in [1.807, 2.05) is 29.1 Å². The van der Waals surface area contributed by atoms with Crippen molar-refractivity contribution in [3.8, 4) is 0 Å². The second-order valence-corrected chi connectivity index (χ2v) is 4.99. The number of fused-ring (bicyclic) bond motifs is 1. The van der Waals surface area contributed by atoms with Crippen LogP contribution in [0.1, 0.15) is 0 Å². The summed E-state index contributed by atoms with van der Waals surface area (Å²) in [7, 11) is 0. The Bertz CT molecular complexity index is 681. The predicted molar refractivity (Wildman–Crippen MR) is 78.0 cm³/mol. The summed E-state index contributed by atoms with van der Waals surface area (Å²) in [6, 6.07) is 5.81. The molecule has 1 N–H and O–H groups in total. The fourth-order valence-corrected chi connectivity index (χ4v) is 2.21. The Hall–Kier alpha value is -1.95. The Balaban J connectivity index is 1.77. The zero-order valence-electron chi connectivity index (χ0n) is 10.1. The van der Waals surface area contributed by atoms with Gasteiger partial charge in [0, 0.05) is 35.8 Å². The van der Waals surface area contributed by atoms with Crippen LogP contribution in [0.4, 0.5) is 5.69 Å². The predicted octanol–water partition coefficient (Wildman–Crippen LogP) is 2.70. The molecule has 5 nitrogen and oxygen atoms in total. The molecule has 19 heavy (non-hydrogen) atoms. The second-order valence-electron chi connectivity index (χ2n) is 4.08. The Morgan fingerprint density at radius 3 is 3.05 bits per heavy atom. The standard InChI is InChI=1S/C13H12BrN5/c14-10-8-12-13(17-9-10)11(2-4-15-12)16-5-7-19-6-1-3-18-19/h1-4,6,8-9H,5,7H2,(H,15,16). The molecular formula is C13H12BrN5. The van der Waals surface area contributed by atoms with Crippen molar-refractivity contribution in [2.24, 2.45) is 0 Å². The monoisotopic (exact) mass is 317 g/mol. The number of hydrogen-bond acceptors (Lipinski definition) is 4. The van der Waals surface area contributed by atoms with Crippen LogP contribution in [0.2, 0.25) is 0 Å². The minimum absolute atomic E-state index is 0.790. The third-order valence-electron chi connectivity index (χ3n) is 2.76. The second kappa shape index (κ2) is 5.36. The van der Waals surface area contributed by atoms with E-state index in [4.69, 9.17) is 0 Å². The van der Waals surface area contributed by atoms with Gasteiger partial charge in [0.15, 0.2) is 0 Å². The van der Waals surface area contributed by atoms with Gasteiger partial charge < -0.3 is 5.32 Å². The van der Waals surface area contributed by atoms with Gasteiger partial charge in [-0.1, -0.05) is 0 Å². The van der Waals surface area contributed by atoms with Crippen molar-refractivity contribution in [3.63, 3.8) is 0 Å². The molecule has 0 spiro atoms. The van der Waals surface area contributed by atoms with E-state index in [2.05, 4.69) is 36.3 Å². The number of nitrogens with one attached hydrogen (secondary N) is 1. The number of aromatic nitrogens is 4. The lowest BCUT2D eigenvalue weighted by Gasteiger charge is -2.08. The molecule has 3 aromatic rings. The maximum atomic E-state index is 4.40. The molecule has 0 radical (unpaired) electrons. The lowest BCUT2D eigenvalue weighted by Crippen LogP contribution is -2.11. The van der Waals surface area contributed by atoms with Crippen LogP contribution in [-0.2, 0) is 6.54 Å². The lowest BCUT2D eigenvalue weighted by atomic mass is 10.3. The molecule has 96 valence electrons. The van der Waals surface area contributed by atoms with Crippen LogP contribution in [0.5, 0.6) is 0 Å². The summed E-state index contributed by atoms with van der Waals surface area (Å²) in [6.45, 7) is 1.60. The minimum atomic E-state index is 0.790. The summed E-state index contributed by atoms with van der Waals surface area (Å²) in [6.07, 6.45) is 7.29. The fraction of sp³-hybridized carbons (Fsp3) is 0.154.